The van der Waals surface area contributed by atoms with E-state index in [4.69, 9.17) is 28.3 Å². The first-order valence-electron chi connectivity index (χ1n) is 7.48. The second kappa shape index (κ2) is 7.43. The summed E-state index contributed by atoms with van der Waals surface area (Å²) in [6, 6.07) is 9.12. The highest BCUT2D eigenvalue weighted by atomic mass is 35.5. The van der Waals surface area contributed by atoms with E-state index in [0.717, 1.165) is 6.08 Å². The van der Waals surface area contributed by atoms with Gasteiger partial charge >= 0.3 is 5.97 Å². The van der Waals surface area contributed by atoms with Crippen molar-refractivity contribution in [1.29, 1.82) is 0 Å². The first-order valence-corrected chi connectivity index (χ1v) is 8.24. The van der Waals surface area contributed by atoms with Gasteiger partial charge in [0, 0.05) is 27.1 Å². The van der Waals surface area contributed by atoms with Crippen LogP contribution in [0.25, 0.3) is 17.0 Å². The number of halogens is 4. The van der Waals surface area contributed by atoms with Gasteiger partial charge in [-0.05, 0) is 29.8 Å². The molecular formula is C18H12Cl2F2N2O2. The van der Waals surface area contributed by atoms with Gasteiger partial charge in [-0.15, -0.1) is 0 Å². The molecule has 4 nitrogen and oxygen atoms in total. The molecule has 0 aliphatic rings. The van der Waals surface area contributed by atoms with Gasteiger partial charge in [0.15, 0.2) is 0 Å². The SMILES string of the molecule is O=C(O)C=Cc1nn(Cc2ccc(Cl)cc2Cl)c2cc(C(F)F)ccc12. The highest BCUT2D eigenvalue weighted by molar-refractivity contribution is 6.35. The van der Waals surface area contributed by atoms with Gasteiger partial charge in [0.2, 0.25) is 0 Å². The lowest BCUT2D eigenvalue weighted by Gasteiger charge is -2.07. The number of fused-ring (bicyclic) bond motifs is 1. The van der Waals surface area contributed by atoms with Crippen molar-refractivity contribution in [3.63, 3.8) is 0 Å². The maximum atomic E-state index is 13.1. The maximum Gasteiger partial charge on any atom is 0.328 e. The Balaban J connectivity index is 2.12. The van der Waals surface area contributed by atoms with Gasteiger partial charge in [-0.1, -0.05) is 41.4 Å². The zero-order valence-corrected chi connectivity index (χ0v) is 14.7. The quantitative estimate of drug-likeness (QED) is 0.585. The summed E-state index contributed by atoms with van der Waals surface area (Å²) in [5.41, 5.74) is 1.39. The van der Waals surface area contributed by atoms with Crippen LogP contribution in [0.5, 0.6) is 0 Å². The fourth-order valence-electron chi connectivity index (χ4n) is 2.56. The third-order valence-electron chi connectivity index (χ3n) is 3.78. The van der Waals surface area contributed by atoms with Crippen LogP contribution in [0.15, 0.2) is 42.5 Å². The van der Waals surface area contributed by atoms with E-state index in [0.29, 0.717) is 32.2 Å². The Bertz CT molecular complexity index is 1020. The zero-order valence-electron chi connectivity index (χ0n) is 13.2. The van der Waals surface area contributed by atoms with Crippen molar-refractivity contribution in [3.8, 4) is 0 Å². The number of benzene rings is 2. The smallest absolute Gasteiger partial charge is 0.328 e. The van der Waals surface area contributed by atoms with Crippen LogP contribution >= 0.6 is 23.2 Å². The number of hydrogen-bond donors (Lipinski definition) is 1. The van der Waals surface area contributed by atoms with Crippen LogP contribution in [0, 0.1) is 0 Å². The summed E-state index contributed by atoms with van der Waals surface area (Å²) < 4.78 is 27.6. The summed E-state index contributed by atoms with van der Waals surface area (Å²) in [6.45, 7) is 0.222. The molecule has 26 heavy (non-hydrogen) atoms. The Morgan fingerprint density at radius 2 is 2.00 bits per heavy atom. The van der Waals surface area contributed by atoms with E-state index < -0.39 is 12.4 Å². The number of hydrogen-bond acceptors (Lipinski definition) is 2. The third-order valence-corrected chi connectivity index (χ3v) is 4.36. The van der Waals surface area contributed by atoms with Crippen LogP contribution in [-0.4, -0.2) is 20.9 Å². The molecule has 0 saturated carbocycles. The molecule has 1 N–H and O–H groups in total. The molecule has 2 aromatic carbocycles. The number of carbonyl (C=O) groups is 1. The normalized spacial score (nSPS) is 11.7. The molecule has 1 heterocycles. The van der Waals surface area contributed by atoms with Gasteiger partial charge in [0.25, 0.3) is 6.43 Å². The van der Waals surface area contributed by atoms with Crippen molar-refractivity contribution in [2.75, 3.05) is 0 Å². The summed E-state index contributed by atoms with van der Waals surface area (Å²) >= 11 is 12.1. The van der Waals surface area contributed by atoms with E-state index in [9.17, 15) is 13.6 Å². The molecule has 0 aliphatic carbocycles. The molecule has 0 radical (unpaired) electrons. The number of alkyl halides is 2. The Morgan fingerprint density at radius 3 is 2.65 bits per heavy atom. The average Bonchev–Trinajstić information content (AvgIpc) is 2.92. The third kappa shape index (κ3) is 3.86. The molecule has 0 fully saturated rings. The Kier molecular flexibility index (Phi) is 5.25. The fourth-order valence-corrected chi connectivity index (χ4v) is 3.03. The Hall–Kier alpha value is -2.44. The minimum Gasteiger partial charge on any atom is -0.478 e. The molecule has 3 aromatic rings. The molecule has 0 amide bonds. The van der Waals surface area contributed by atoms with Crippen LogP contribution in [0.4, 0.5) is 8.78 Å². The van der Waals surface area contributed by atoms with Crippen molar-refractivity contribution in [1.82, 2.24) is 9.78 Å². The highest BCUT2D eigenvalue weighted by Gasteiger charge is 2.15. The lowest BCUT2D eigenvalue weighted by atomic mass is 10.1. The summed E-state index contributed by atoms with van der Waals surface area (Å²) in [4.78, 5) is 10.8. The van der Waals surface area contributed by atoms with Crippen LogP contribution in [0.3, 0.4) is 0 Å². The molecule has 0 spiro atoms. The van der Waals surface area contributed by atoms with E-state index >= 15 is 0 Å². The van der Waals surface area contributed by atoms with E-state index in [1.807, 2.05) is 0 Å². The predicted molar refractivity (Wildman–Crippen MR) is 96.9 cm³/mol. The summed E-state index contributed by atoms with van der Waals surface area (Å²) in [6.07, 6.45) is -0.352. The molecular weight excluding hydrogens is 385 g/mol. The Morgan fingerprint density at radius 1 is 1.23 bits per heavy atom. The fraction of sp³-hybridized carbons (Fsp3) is 0.111. The number of carboxylic acids is 1. The van der Waals surface area contributed by atoms with Crippen molar-refractivity contribution in [2.45, 2.75) is 13.0 Å². The summed E-state index contributed by atoms with van der Waals surface area (Å²) in [5.74, 6) is -1.13. The maximum absolute atomic E-state index is 13.1. The van der Waals surface area contributed by atoms with Crippen LogP contribution in [0.2, 0.25) is 10.0 Å². The minimum absolute atomic E-state index is 0.144. The molecule has 0 atom stereocenters. The first-order chi connectivity index (χ1) is 12.3. The Labute approximate surface area is 157 Å². The van der Waals surface area contributed by atoms with Gasteiger partial charge < -0.3 is 5.11 Å². The van der Waals surface area contributed by atoms with Gasteiger partial charge in [0.1, 0.15) is 0 Å². The molecule has 8 heteroatoms. The second-order valence-electron chi connectivity index (χ2n) is 5.53. The number of aliphatic carboxylic acids is 1. The van der Waals surface area contributed by atoms with Crippen molar-refractivity contribution >= 4 is 46.2 Å². The number of carboxylic acid groups (broad SMARTS) is 1. The second-order valence-corrected chi connectivity index (χ2v) is 6.37. The van der Waals surface area contributed by atoms with E-state index in [1.54, 1.807) is 18.2 Å². The first kappa shape index (κ1) is 18.4. The van der Waals surface area contributed by atoms with Crippen LogP contribution < -0.4 is 0 Å². The average molecular weight is 397 g/mol. The van der Waals surface area contributed by atoms with Crippen molar-refractivity contribution in [3.05, 3.63) is 69.3 Å². The monoisotopic (exact) mass is 396 g/mol. The minimum atomic E-state index is -2.63. The van der Waals surface area contributed by atoms with Crippen molar-refractivity contribution < 1.29 is 18.7 Å². The van der Waals surface area contributed by atoms with E-state index in [-0.39, 0.29) is 12.1 Å². The largest absolute Gasteiger partial charge is 0.478 e. The van der Waals surface area contributed by atoms with Gasteiger partial charge in [-0.25, -0.2) is 13.6 Å². The number of rotatable bonds is 5. The van der Waals surface area contributed by atoms with Crippen LogP contribution in [0.1, 0.15) is 23.2 Å². The highest BCUT2D eigenvalue weighted by Crippen LogP contribution is 2.28. The van der Waals surface area contributed by atoms with E-state index in [1.165, 1.54) is 29.0 Å². The number of aromatic nitrogens is 2. The topological polar surface area (TPSA) is 55.1 Å². The van der Waals surface area contributed by atoms with Crippen molar-refractivity contribution in [2.24, 2.45) is 0 Å². The lowest BCUT2D eigenvalue weighted by molar-refractivity contribution is -0.131. The van der Waals surface area contributed by atoms with Gasteiger partial charge in [0.05, 0.1) is 17.8 Å². The van der Waals surface area contributed by atoms with Crippen LogP contribution in [-0.2, 0) is 11.3 Å². The van der Waals surface area contributed by atoms with Gasteiger partial charge in [-0.3, -0.25) is 4.68 Å². The molecule has 134 valence electrons. The molecule has 0 aliphatic heterocycles. The van der Waals surface area contributed by atoms with Gasteiger partial charge in [-0.2, -0.15) is 5.10 Å². The predicted octanol–water partition coefficient (Wildman–Crippen LogP) is 5.43. The lowest BCUT2D eigenvalue weighted by Crippen LogP contribution is -2.03. The molecule has 1 aromatic heterocycles. The standard InChI is InChI=1S/C18H12Cl2F2N2O2/c19-12-3-1-11(14(20)8-12)9-24-16-7-10(18(21)22)2-4-13(16)15(23-24)5-6-17(25)26/h1-8,18H,9H2,(H,25,26). The molecule has 0 saturated heterocycles. The summed E-state index contributed by atoms with van der Waals surface area (Å²) in [7, 11) is 0. The van der Waals surface area contributed by atoms with E-state index in [2.05, 4.69) is 5.10 Å². The summed E-state index contributed by atoms with van der Waals surface area (Å²) in [5, 5.41) is 14.6. The molecule has 0 unspecified atom stereocenters. The number of nitrogens with zero attached hydrogens (tertiary/aromatic N) is 2. The molecule has 3 rings (SSSR count). The molecule has 0 bridgehead atoms. The zero-order chi connectivity index (χ0) is 18.8.